The van der Waals surface area contributed by atoms with Crippen LogP contribution in [0.4, 0.5) is 5.69 Å². The molecule has 0 saturated carbocycles. The normalized spacial score (nSPS) is 10.7. The number of aryl methyl sites for hydroxylation is 1. The number of aromatic nitrogens is 3. The maximum absolute atomic E-state index is 12.2. The van der Waals surface area contributed by atoms with Crippen molar-refractivity contribution in [2.24, 2.45) is 0 Å². The van der Waals surface area contributed by atoms with Crippen LogP contribution in [0, 0.1) is 6.92 Å². The van der Waals surface area contributed by atoms with Crippen LogP contribution in [-0.2, 0) is 4.79 Å². The largest absolute Gasteiger partial charge is 0.492 e. The van der Waals surface area contributed by atoms with Crippen molar-refractivity contribution < 1.29 is 13.9 Å². The number of benzene rings is 1. The van der Waals surface area contributed by atoms with Gasteiger partial charge < -0.3 is 20.3 Å². The number of thioether (sulfide) groups is 1. The van der Waals surface area contributed by atoms with Crippen molar-refractivity contribution in [1.29, 1.82) is 0 Å². The number of para-hydroxylation sites is 2. The molecule has 3 rings (SSSR count). The molecule has 136 valence electrons. The van der Waals surface area contributed by atoms with Crippen molar-refractivity contribution >= 4 is 23.4 Å². The monoisotopic (exact) mass is 373 g/mol. The Morgan fingerprint density at radius 2 is 2.15 bits per heavy atom. The van der Waals surface area contributed by atoms with Gasteiger partial charge in [-0.2, -0.15) is 0 Å². The molecule has 8 nitrogen and oxygen atoms in total. The smallest absolute Gasteiger partial charge is 0.234 e. The second kappa shape index (κ2) is 7.96. The summed E-state index contributed by atoms with van der Waals surface area (Å²) >= 11 is 1.20. The maximum Gasteiger partial charge on any atom is 0.234 e. The molecular weight excluding hydrogens is 354 g/mol. The molecule has 0 aliphatic rings. The minimum absolute atomic E-state index is 0.139. The summed E-state index contributed by atoms with van der Waals surface area (Å²) < 4.78 is 12.1. The SMILES string of the molecule is CCOc1ccccc1NC(=O)CSc1nnc(-c2ccoc2C)n1N. The zero-order valence-corrected chi connectivity index (χ0v) is 15.2. The van der Waals surface area contributed by atoms with Crippen LogP contribution in [0.5, 0.6) is 5.75 Å². The van der Waals surface area contributed by atoms with Crippen LogP contribution in [-0.4, -0.2) is 33.1 Å². The topological polar surface area (TPSA) is 108 Å². The first kappa shape index (κ1) is 17.9. The van der Waals surface area contributed by atoms with Crippen LogP contribution in [0.15, 0.2) is 46.2 Å². The van der Waals surface area contributed by atoms with Gasteiger partial charge in [0.05, 0.1) is 29.9 Å². The predicted molar refractivity (Wildman–Crippen MR) is 99.6 cm³/mol. The van der Waals surface area contributed by atoms with E-state index >= 15 is 0 Å². The molecule has 0 spiro atoms. The lowest BCUT2D eigenvalue weighted by Crippen LogP contribution is -2.17. The minimum Gasteiger partial charge on any atom is -0.492 e. The first-order valence-electron chi connectivity index (χ1n) is 7.99. The highest BCUT2D eigenvalue weighted by Gasteiger charge is 2.17. The Bertz CT molecular complexity index is 905. The fourth-order valence-corrected chi connectivity index (χ4v) is 3.00. The number of ether oxygens (including phenoxy) is 1. The molecule has 0 atom stereocenters. The van der Waals surface area contributed by atoms with Crippen molar-refractivity contribution in [3.8, 4) is 17.1 Å². The summed E-state index contributed by atoms with van der Waals surface area (Å²) in [6.45, 7) is 4.23. The third kappa shape index (κ3) is 3.83. The number of amides is 1. The zero-order valence-electron chi connectivity index (χ0n) is 14.4. The Morgan fingerprint density at radius 1 is 1.35 bits per heavy atom. The van der Waals surface area contributed by atoms with Crippen molar-refractivity contribution in [3.05, 3.63) is 42.4 Å². The molecular formula is C17H19N5O3S. The van der Waals surface area contributed by atoms with Crippen molar-refractivity contribution in [3.63, 3.8) is 0 Å². The van der Waals surface area contributed by atoms with Crippen molar-refractivity contribution in [2.45, 2.75) is 19.0 Å². The second-order valence-electron chi connectivity index (χ2n) is 5.33. The lowest BCUT2D eigenvalue weighted by molar-refractivity contribution is -0.113. The van der Waals surface area contributed by atoms with Gasteiger partial charge in [-0.25, -0.2) is 4.68 Å². The number of nitrogens with two attached hydrogens (primary N) is 1. The molecule has 9 heteroatoms. The molecule has 0 fully saturated rings. The number of anilines is 1. The summed E-state index contributed by atoms with van der Waals surface area (Å²) in [7, 11) is 0. The molecule has 3 aromatic rings. The lowest BCUT2D eigenvalue weighted by Gasteiger charge is -2.10. The minimum atomic E-state index is -0.189. The number of nitrogens with one attached hydrogen (secondary N) is 1. The van der Waals surface area contributed by atoms with Gasteiger partial charge in [0.25, 0.3) is 0 Å². The fourth-order valence-electron chi connectivity index (χ4n) is 2.34. The van der Waals surface area contributed by atoms with Crippen molar-refractivity contribution in [1.82, 2.24) is 14.9 Å². The maximum atomic E-state index is 12.2. The van der Waals surface area contributed by atoms with E-state index in [0.29, 0.717) is 34.8 Å². The lowest BCUT2D eigenvalue weighted by atomic mass is 10.2. The molecule has 0 aliphatic heterocycles. The predicted octanol–water partition coefficient (Wildman–Crippen LogP) is 2.69. The zero-order chi connectivity index (χ0) is 18.5. The van der Waals surface area contributed by atoms with Gasteiger partial charge in [-0.15, -0.1) is 10.2 Å². The standard InChI is InChI=1S/C17H19N5O3S/c1-3-24-14-7-5-4-6-13(14)19-15(23)10-26-17-21-20-16(22(17)18)12-8-9-25-11(12)2/h4-9H,3,10,18H2,1-2H3,(H,19,23). The highest BCUT2D eigenvalue weighted by molar-refractivity contribution is 7.99. The van der Waals surface area contributed by atoms with E-state index in [4.69, 9.17) is 15.0 Å². The number of nitrogens with zero attached hydrogens (tertiary/aromatic N) is 3. The Morgan fingerprint density at radius 3 is 2.88 bits per heavy atom. The Labute approximate surface area is 154 Å². The number of nitrogen functional groups attached to an aromatic ring is 1. The van der Waals surface area contributed by atoms with Gasteiger partial charge in [0.1, 0.15) is 11.5 Å². The van der Waals surface area contributed by atoms with E-state index in [9.17, 15) is 4.79 Å². The fraction of sp³-hybridized carbons (Fsp3) is 0.235. The molecule has 26 heavy (non-hydrogen) atoms. The Balaban J connectivity index is 1.64. The Hall–Kier alpha value is -2.94. The highest BCUT2D eigenvalue weighted by atomic mass is 32.2. The third-order valence-corrected chi connectivity index (χ3v) is 4.50. The number of carbonyl (C=O) groups is 1. The van der Waals surface area contributed by atoms with Crippen LogP contribution in [0.2, 0.25) is 0 Å². The van der Waals surface area contributed by atoms with E-state index < -0.39 is 0 Å². The van der Waals surface area contributed by atoms with Gasteiger partial charge in [0.2, 0.25) is 11.1 Å². The van der Waals surface area contributed by atoms with Gasteiger partial charge in [-0.3, -0.25) is 4.79 Å². The molecule has 2 aromatic heterocycles. The summed E-state index contributed by atoms with van der Waals surface area (Å²) in [6, 6.07) is 9.06. The molecule has 1 amide bonds. The quantitative estimate of drug-likeness (QED) is 0.484. The molecule has 0 aliphatic carbocycles. The molecule has 0 bridgehead atoms. The number of hydrogen-bond donors (Lipinski definition) is 2. The van der Waals surface area contributed by atoms with Gasteiger partial charge in [0.15, 0.2) is 5.82 Å². The van der Waals surface area contributed by atoms with E-state index in [1.54, 1.807) is 18.4 Å². The van der Waals surface area contributed by atoms with E-state index in [1.165, 1.54) is 16.4 Å². The van der Waals surface area contributed by atoms with E-state index in [-0.39, 0.29) is 11.7 Å². The summed E-state index contributed by atoms with van der Waals surface area (Å²) in [6.07, 6.45) is 1.56. The van der Waals surface area contributed by atoms with Crippen LogP contribution in [0.25, 0.3) is 11.4 Å². The first-order valence-corrected chi connectivity index (χ1v) is 8.98. The molecule has 0 radical (unpaired) electrons. The first-order chi connectivity index (χ1) is 12.6. The molecule has 2 heterocycles. The number of rotatable bonds is 7. The van der Waals surface area contributed by atoms with Gasteiger partial charge >= 0.3 is 0 Å². The second-order valence-corrected chi connectivity index (χ2v) is 6.28. The summed E-state index contributed by atoms with van der Waals surface area (Å²) in [5, 5.41) is 11.4. The average Bonchev–Trinajstić information content (AvgIpc) is 3.20. The summed E-state index contributed by atoms with van der Waals surface area (Å²) in [5.41, 5.74) is 1.39. The van der Waals surface area contributed by atoms with Crippen LogP contribution >= 0.6 is 11.8 Å². The molecule has 1 aromatic carbocycles. The van der Waals surface area contributed by atoms with E-state index in [1.807, 2.05) is 32.0 Å². The molecule has 0 unspecified atom stereocenters. The number of hydrogen-bond acceptors (Lipinski definition) is 7. The average molecular weight is 373 g/mol. The Kier molecular flexibility index (Phi) is 5.47. The molecule has 0 saturated heterocycles. The van der Waals surface area contributed by atoms with Crippen molar-refractivity contribution in [2.75, 3.05) is 23.5 Å². The van der Waals surface area contributed by atoms with E-state index in [2.05, 4.69) is 15.5 Å². The van der Waals surface area contributed by atoms with Gasteiger partial charge in [0, 0.05) is 0 Å². The summed E-state index contributed by atoms with van der Waals surface area (Å²) in [4.78, 5) is 12.2. The highest BCUT2D eigenvalue weighted by Crippen LogP contribution is 2.26. The summed E-state index contributed by atoms with van der Waals surface area (Å²) in [5.74, 6) is 7.81. The van der Waals surface area contributed by atoms with E-state index in [0.717, 1.165) is 5.56 Å². The van der Waals surface area contributed by atoms with Crippen LogP contribution in [0.3, 0.4) is 0 Å². The van der Waals surface area contributed by atoms with Gasteiger partial charge in [-0.05, 0) is 32.0 Å². The molecule has 3 N–H and O–H groups in total. The third-order valence-electron chi connectivity index (χ3n) is 3.56. The number of furan rings is 1. The number of carbonyl (C=O) groups excluding carboxylic acids is 1. The van der Waals surface area contributed by atoms with Gasteiger partial charge in [-0.1, -0.05) is 23.9 Å². The van der Waals surface area contributed by atoms with Crippen LogP contribution < -0.4 is 15.9 Å². The van der Waals surface area contributed by atoms with Crippen LogP contribution in [0.1, 0.15) is 12.7 Å².